The van der Waals surface area contributed by atoms with E-state index in [1.807, 2.05) is 60.7 Å². The third kappa shape index (κ3) is 5.17. The van der Waals surface area contributed by atoms with E-state index in [1.165, 1.54) is 0 Å². The second kappa shape index (κ2) is 11.3. The number of nitrogens with one attached hydrogen (secondary N) is 1. The Kier molecular flexibility index (Phi) is 7.51. The molecular weight excluding hydrogens is 514 g/mol. The van der Waals surface area contributed by atoms with E-state index >= 15 is 0 Å². The molecule has 0 aliphatic rings. The number of aromatic nitrogens is 2. The Morgan fingerprint density at radius 3 is 2.13 bits per heavy atom. The maximum atomic E-state index is 13.8. The monoisotopic (exact) mass is 539 g/mol. The quantitative estimate of drug-likeness (QED) is 0.265. The van der Waals surface area contributed by atoms with Crippen molar-refractivity contribution in [2.45, 2.75) is 12.8 Å². The van der Waals surface area contributed by atoms with Gasteiger partial charge in [0.25, 0.3) is 5.56 Å². The van der Waals surface area contributed by atoms with Gasteiger partial charge < -0.3 is 14.8 Å². The predicted molar refractivity (Wildman–Crippen MR) is 151 cm³/mol. The van der Waals surface area contributed by atoms with Crippen LogP contribution in [0.2, 0.25) is 0 Å². The molecule has 9 heteroatoms. The minimum Gasteiger partial charge on any atom is -0.497 e. The molecule has 0 aliphatic carbocycles. The zero-order chi connectivity index (χ0) is 27.4. The van der Waals surface area contributed by atoms with Crippen LogP contribution in [-0.2, 0) is 9.53 Å². The first-order chi connectivity index (χ1) is 19.0. The first kappa shape index (κ1) is 25.9. The molecule has 196 valence electrons. The number of thiophene rings is 1. The Hall–Kier alpha value is -4.76. The maximum Gasteiger partial charge on any atom is 0.359 e. The van der Waals surface area contributed by atoms with Gasteiger partial charge in [0.2, 0.25) is 5.91 Å². The van der Waals surface area contributed by atoms with Crippen molar-refractivity contribution in [2.24, 2.45) is 0 Å². The van der Waals surface area contributed by atoms with Gasteiger partial charge in [0, 0.05) is 10.8 Å². The van der Waals surface area contributed by atoms with Crippen LogP contribution in [0.4, 0.5) is 5.00 Å². The minimum atomic E-state index is -0.660. The highest BCUT2D eigenvalue weighted by Crippen LogP contribution is 2.33. The lowest BCUT2D eigenvalue weighted by molar-refractivity contribution is -0.116. The number of carbonyl (C=O) groups excluding carboxylic acids is 2. The lowest BCUT2D eigenvalue weighted by Crippen LogP contribution is -2.26. The topological polar surface area (TPSA) is 99.5 Å². The van der Waals surface area contributed by atoms with E-state index in [0.29, 0.717) is 21.8 Å². The molecule has 0 bridgehead atoms. The van der Waals surface area contributed by atoms with Gasteiger partial charge in [-0.15, -0.1) is 11.3 Å². The van der Waals surface area contributed by atoms with Crippen LogP contribution < -0.4 is 15.6 Å². The van der Waals surface area contributed by atoms with E-state index in [2.05, 4.69) is 10.4 Å². The smallest absolute Gasteiger partial charge is 0.359 e. The molecule has 39 heavy (non-hydrogen) atoms. The highest BCUT2D eigenvalue weighted by Gasteiger charge is 2.27. The largest absolute Gasteiger partial charge is 0.497 e. The number of rotatable bonds is 8. The number of carbonyl (C=O) groups is 2. The summed E-state index contributed by atoms with van der Waals surface area (Å²) >= 11 is 1.16. The summed E-state index contributed by atoms with van der Waals surface area (Å²) in [5, 5.41) is 9.78. The summed E-state index contributed by atoms with van der Waals surface area (Å²) in [7, 11) is 1.54. The van der Waals surface area contributed by atoms with Gasteiger partial charge in [-0.1, -0.05) is 60.7 Å². The minimum absolute atomic E-state index is 0.0123. The average molecular weight is 540 g/mol. The maximum absolute atomic E-state index is 13.8. The fraction of sp³-hybridized carbons (Fsp3) is 0.133. The van der Waals surface area contributed by atoms with Crippen LogP contribution in [0, 0.1) is 0 Å². The molecule has 0 spiro atoms. The van der Waals surface area contributed by atoms with Gasteiger partial charge in [-0.25, -0.2) is 4.79 Å². The Labute approximate surface area is 228 Å². The summed E-state index contributed by atoms with van der Waals surface area (Å²) in [6.07, 6.45) is 0. The van der Waals surface area contributed by atoms with Crippen LogP contribution in [0.5, 0.6) is 5.75 Å². The van der Waals surface area contributed by atoms with Crippen LogP contribution in [0.3, 0.4) is 0 Å². The highest BCUT2D eigenvalue weighted by atomic mass is 32.1. The fourth-order valence-electron chi connectivity index (χ4n) is 4.36. The summed E-state index contributed by atoms with van der Waals surface area (Å²) in [6, 6.07) is 25.6. The summed E-state index contributed by atoms with van der Waals surface area (Å²) in [5.41, 5.74) is 1.57. The Morgan fingerprint density at radius 1 is 0.949 bits per heavy atom. The molecular formula is C30H25N3O5S. The zero-order valence-corrected chi connectivity index (χ0v) is 22.1. The summed E-state index contributed by atoms with van der Waals surface area (Å²) < 4.78 is 11.6. The van der Waals surface area contributed by atoms with Gasteiger partial charge in [-0.05, 0) is 42.3 Å². The molecule has 0 fully saturated rings. The van der Waals surface area contributed by atoms with Gasteiger partial charge in [0.05, 0.1) is 30.7 Å². The number of nitrogens with zero attached hydrogens (tertiary/aromatic N) is 2. The number of hydrogen-bond acceptors (Lipinski definition) is 7. The van der Waals surface area contributed by atoms with Gasteiger partial charge >= 0.3 is 5.97 Å². The molecule has 0 atom stereocenters. The molecule has 3 aromatic carbocycles. The predicted octanol–water partition coefficient (Wildman–Crippen LogP) is 5.40. The van der Waals surface area contributed by atoms with E-state index in [-0.39, 0.29) is 23.6 Å². The molecule has 0 saturated carbocycles. The number of amides is 1. The van der Waals surface area contributed by atoms with Crippen LogP contribution in [-0.4, -0.2) is 35.4 Å². The van der Waals surface area contributed by atoms with Crippen LogP contribution >= 0.6 is 11.3 Å². The van der Waals surface area contributed by atoms with E-state index in [0.717, 1.165) is 27.1 Å². The van der Waals surface area contributed by atoms with Crippen molar-refractivity contribution in [2.75, 3.05) is 19.0 Å². The lowest BCUT2D eigenvalue weighted by atomic mass is 9.90. The molecule has 5 rings (SSSR count). The van der Waals surface area contributed by atoms with Crippen molar-refractivity contribution in [3.05, 3.63) is 117 Å². The molecule has 1 N–H and O–H groups in total. The van der Waals surface area contributed by atoms with Crippen molar-refractivity contribution in [3.8, 4) is 11.4 Å². The molecule has 0 aliphatic heterocycles. The molecule has 8 nitrogen and oxygen atoms in total. The Bertz CT molecular complexity index is 1640. The fourth-order valence-corrected chi connectivity index (χ4v) is 5.30. The first-order valence-corrected chi connectivity index (χ1v) is 13.2. The van der Waals surface area contributed by atoms with Crippen molar-refractivity contribution < 1.29 is 19.1 Å². The molecule has 0 saturated heterocycles. The number of ether oxygens (including phenoxy) is 2. The number of esters is 1. The normalized spacial score (nSPS) is 10.9. The van der Waals surface area contributed by atoms with Crippen molar-refractivity contribution in [1.29, 1.82) is 0 Å². The number of methoxy groups -OCH3 is 1. The molecule has 2 heterocycles. The van der Waals surface area contributed by atoms with Crippen LogP contribution in [0.25, 0.3) is 16.5 Å². The average Bonchev–Trinajstić information content (AvgIpc) is 3.38. The Morgan fingerprint density at radius 2 is 1.56 bits per heavy atom. The third-order valence-corrected chi connectivity index (χ3v) is 7.10. The van der Waals surface area contributed by atoms with Crippen molar-refractivity contribution in [1.82, 2.24) is 9.78 Å². The van der Waals surface area contributed by atoms with Gasteiger partial charge in [-0.3, -0.25) is 9.59 Å². The second-order valence-corrected chi connectivity index (χ2v) is 9.46. The number of fused-ring (bicyclic) bond motifs is 1. The molecule has 5 aromatic rings. The lowest BCUT2D eigenvalue weighted by Gasteiger charge is -2.17. The van der Waals surface area contributed by atoms with E-state index in [9.17, 15) is 14.4 Å². The third-order valence-electron chi connectivity index (χ3n) is 6.20. The summed E-state index contributed by atoms with van der Waals surface area (Å²) in [6.45, 7) is 1.84. The van der Waals surface area contributed by atoms with Crippen molar-refractivity contribution in [3.63, 3.8) is 0 Å². The standard InChI is InChI=1S/C30H25N3O5S/c1-3-38-30(36)26-23-18-39-28(25(23)29(35)33(32-26)21-14-16-22(37-2)17-15-21)31-27(34)24(19-10-6-4-7-11-19)20-12-8-5-9-13-20/h4-18,24H,3H2,1-2H3,(H,31,34). The zero-order valence-electron chi connectivity index (χ0n) is 21.3. The summed E-state index contributed by atoms with van der Waals surface area (Å²) in [5.74, 6) is -0.970. The number of hydrogen-bond donors (Lipinski definition) is 1. The van der Waals surface area contributed by atoms with Crippen molar-refractivity contribution >= 4 is 39.0 Å². The second-order valence-electron chi connectivity index (χ2n) is 8.58. The number of benzene rings is 3. The Balaban J connectivity index is 1.63. The first-order valence-electron chi connectivity index (χ1n) is 12.3. The van der Waals surface area contributed by atoms with Gasteiger partial charge in [0.1, 0.15) is 10.8 Å². The highest BCUT2D eigenvalue weighted by molar-refractivity contribution is 7.16. The van der Waals surface area contributed by atoms with E-state index < -0.39 is 17.4 Å². The van der Waals surface area contributed by atoms with Gasteiger partial charge in [-0.2, -0.15) is 9.78 Å². The molecule has 2 aromatic heterocycles. The molecule has 1 amide bonds. The molecule has 0 radical (unpaired) electrons. The number of anilines is 1. The van der Waals surface area contributed by atoms with E-state index in [4.69, 9.17) is 9.47 Å². The summed E-state index contributed by atoms with van der Waals surface area (Å²) in [4.78, 5) is 40.4. The van der Waals surface area contributed by atoms with Gasteiger partial charge in [0.15, 0.2) is 5.69 Å². The SMILES string of the molecule is CCOC(=O)c1nn(-c2ccc(OC)cc2)c(=O)c2c(NC(=O)C(c3ccccc3)c3ccccc3)scc12. The van der Waals surface area contributed by atoms with Crippen LogP contribution in [0.1, 0.15) is 34.5 Å². The molecule has 0 unspecified atom stereocenters. The van der Waals surface area contributed by atoms with E-state index in [1.54, 1.807) is 43.7 Å². The van der Waals surface area contributed by atoms with Crippen LogP contribution in [0.15, 0.2) is 95.1 Å².